The van der Waals surface area contributed by atoms with Gasteiger partial charge in [-0.1, -0.05) is 0 Å². The number of imidazole rings is 1. The highest BCUT2D eigenvalue weighted by atomic mass is 32.2. The fourth-order valence-corrected chi connectivity index (χ4v) is 6.41. The molecule has 1 aromatic carbocycles. The van der Waals surface area contributed by atoms with Crippen molar-refractivity contribution in [2.24, 2.45) is 5.92 Å². The molecule has 3 aromatic rings. The second kappa shape index (κ2) is 9.20. The van der Waals surface area contributed by atoms with E-state index in [0.717, 1.165) is 6.07 Å². The van der Waals surface area contributed by atoms with Crippen molar-refractivity contribution in [2.75, 3.05) is 37.8 Å². The van der Waals surface area contributed by atoms with E-state index in [1.54, 1.807) is 0 Å². The molecular formula is C23H28FN3O7S2. The third kappa shape index (κ3) is 4.74. The normalized spacial score (nSPS) is 16.6. The van der Waals surface area contributed by atoms with Gasteiger partial charge in [-0.3, -0.25) is 9.12 Å². The minimum absolute atomic E-state index is 0.0654. The van der Waals surface area contributed by atoms with Crippen LogP contribution in [0.1, 0.15) is 24.9 Å². The number of nitrogens with one attached hydrogen (secondary N) is 1. The van der Waals surface area contributed by atoms with E-state index in [2.05, 4.69) is 9.71 Å². The summed E-state index contributed by atoms with van der Waals surface area (Å²) in [6.07, 6.45) is 2.63. The Hall–Kier alpha value is -2.90. The van der Waals surface area contributed by atoms with Crippen LogP contribution in [-0.2, 0) is 24.6 Å². The summed E-state index contributed by atoms with van der Waals surface area (Å²) in [5.74, 6) is -2.48. The molecule has 4 rings (SSSR count). The summed E-state index contributed by atoms with van der Waals surface area (Å²) < 4.78 is 107. The Bertz CT molecular complexity index is 1630. The van der Waals surface area contributed by atoms with Crippen molar-refractivity contribution in [3.05, 3.63) is 36.4 Å². The van der Waals surface area contributed by atoms with Crippen LogP contribution in [0.4, 0.5) is 10.1 Å². The van der Waals surface area contributed by atoms with Crippen molar-refractivity contribution in [3.8, 4) is 22.8 Å². The highest BCUT2D eigenvalue weighted by molar-refractivity contribution is 7.93. The van der Waals surface area contributed by atoms with E-state index in [-0.39, 0.29) is 52.4 Å². The van der Waals surface area contributed by atoms with Gasteiger partial charge in [0, 0.05) is 23.7 Å². The van der Waals surface area contributed by atoms with Crippen molar-refractivity contribution in [3.63, 3.8) is 0 Å². The van der Waals surface area contributed by atoms with Gasteiger partial charge in [0.1, 0.15) is 16.3 Å². The number of hydrogen-bond donors (Lipinski definition) is 1. The van der Waals surface area contributed by atoms with Crippen LogP contribution in [0, 0.1) is 11.7 Å². The molecule has 1 saturated heterocycles. The molecule has 196 valence electrons. The van der Waals surface area contributed by atoms with Crippen LogP contribution < -0.4 is 14.2 Å². The molecule has 36 heavy (non-hydrogen) atoms. The molecule has 1 aliphatic rings. The van der Waals surface area contributed by atoms with Crippen LogP contribution >= 0.6 is 0 Å². The first-order valence-electron chi connectivity index (χ1n) is 12.3. The minimum atomic E-state index is -4.05. The van der Waals surface area contributed by atoms with Crippen LogP contribution in [0.3, 0.4) is 0 Å². The average Bonchev–Trinajstić information content (AvgIpc) is 3.19. The number of rotatable bonds is 8. The number of ether oxygens (including phenoxy) is 3. The summed E-state index contributed by atoms with van der Waals surface area (Å²) in [7, 11) is -9.69. The van der Waals surface area contributed by atoms with Gasteiger partial charge in [0.25, 0.3) is 0 Å². The molecule has 2 aromatic heterocycles. The van der Waals surface area contributed by atoms with Crippen molar-refractivity contribution in [1.82, 2.24) is 9.38 Å². The standard InChI is InChI=1S/C23H28FN3O7S2/c1-23(2,3)36(30,31)20-10-27-18(9-25-21(27)8-19(20)32-4)15-6-16(24)22(33-5)17(7-15)26-35(28,29)13-14-11-34-12-14/h6-10,14,26H,11-13H2,1-5H3/i5D3. The molecule has 0 aliphatic carbocycles. The Morgan fingerprint density at radius 3 is 2.53 bits per heavy atom. The molecule has 0 unspecified atom stereocenters. The third-order valence-electron chi connectivity index (χ3n) is 5.76. The Morgan fingerprint density at radius 1 is 1.22 bits per heavy atom. The molecule has 1 fully saturated rings. The van der Waals surface area contributed by atoms with Gasteiger partial charge in [-0.2, -0.15) is 0 Å². The van der Waals surface area contributed by atoms with E-state index < -0.39 is 48.9 Å². The average molecular weight is 545 g/mol. The Morgan fingerprint density at radius 2 is 1.94 bits per heavy atom. The highest BCUT2D eigenvalue weighted by Gasteiger charge is 2.34. The summed E-state index contributed by atoms with van der Waals surface area (Å²) in [6.45, 7) is 5.11. The first-order valence-corrected chi connectivity index (χ1v) is 14.0. The maximum absolute atomic E-state index is 15.3. The SMILES string of the molecule is [2H]C([2H])([2H])Oc1c(F)cc(-c2cnc3cc(OC)c(S(=O)(=O)C(C)(C)C)cn23)cc1NS(=O)(=O)CC1COC1. The smallest absolute Gasteiger partial charge is 0.233 e. The fourth-order valence-electron chi connectivity index (χ4n) is 3.71. The van der Waals surface area contributed by atoms with Gasteiger partial charge in [0.15, 0.2) is 21.4 Å². The van der Waals surface area contributed by atoms with E-state index >= 15 is 4.39 Å². The highest BCUT2D eigenvalue weighted by Crippen LogP contribution is 2.37. The van der Waals surface area contributed by atoms with E-state index in [1.165, 1.54) is 56.8 Å². The van der Waals surface area contributed by atoms with Crippen LogP contribution in [0.25, 0.3) is 16.9 Å². The quantitative estimate of drug-likeness (QED) is 0.459. The van der Waals surface area contributed by atoms with E-state index in [0.29, 0.717) is 0 Å². The molecule has 0 radical (unpaired) electrons. The molecule has 0 bridgehead atoms. The number of sulfone groups is 1. The number of methoxy groups -OCH3 is 2. The molecule has 0 saturated carbocycles. The van der Waals surface area contributed by atoms with Gasteiger partial charge in [-0.25, -0.2) is 26.2 Å². The molecule has 0 amide bonds. The van der Waals surface area contributed by atoms with Gasteiger partial charge < -0.3 is 14.2 Å². The zero-order valence-electron chi connectivity index (χ0n) is 23.0. The molecule has 10 nitrogen and oxygen atoms in total. The van der Waals surface area contributed by atoms with Crippen LogP contribution in [-0.4, -0.2) is 64.1 Å². The lowest BCUT2D eigenvalue weighted by atomic mass is 10.1. The third-order valence-corrected chi connectivity index (χ3v) is 9.70. The second-order valence-electron chi connectivity index (χ2n) is 9.42. The summed E-state index contributed by atoms with van der Waals surface area (Å²) >= 11 is 0. The molecule has 1 aliphatic heterocycles. The number of nitrogens with zero attached hydrogens (tertiary/aromatic N) is 2. The fraction of sp³-hybridized carbons (Fsp3) is 0.435. The van der Waals surface area contributed by atoms with Gasteiger partial charge in [0.2, 0.25) is 10.0 Å². The van der Waals surface area contributed by atoms with Crippen molar-refractivity contribution in [2.45, 2.75) is 30.4 Å². The number of halogens is 1. The summed E-state index contributed by atoms with van der Waals surface area (Å²) in [6, 6.07) is 3.56. The number of anilines is 1. The topological polar surface area (TPSA) is 125 Å². The summed E-state index contributed by atoms with van der Waals surface area (Å²) in [4.78, 5) is 4.13. The van der Waals surface area contributed by atoms with E-state index in [9.17, 15) is 16.8 Å². The number of aromatic nitrogens is 2. The van der Waals surface area contributed by atoms with Crippen molar-refractivity contribution < 1.29 is 39.5 Å². The summed E-state index contributed by atoms with van der Waals surface area (Å²) in [5.41, 5.74) is 0.106. The number of fused-ring (bicyclic) bond motifs is 1. The Balaban J connectivity index is 1.88. The maximum Gasteiger partial charge on any atom is 0.233 e. The lowest BCUT2D eigenvalue weighted by Gasteiger charge is -2.25. The monoisotopic (exact) mass is 544 g/mol. The largest absolute Gasteiger partial charge is 0.495 e. The van der Waals surface area contributed by atoms with Gasteiger partial charge in [-0.15, -0.1) is 0 Å². The van der Waals surface area contributed by atoms with Crippen LogP contribution in [0.5, 0.6) is 11.5 Å². The number of pyridine rings is 1. The van der Waals surface area contributed by atoms with Gasteiger partial charge in [-0.05, 0) is 32.9 Å². The van der Waals surface area contributed by atoms with Crippen molar-refractivity contribution >= 4 is 31.2 Å². The predicted octanol–water partition coefficient (Wildman–Crippen LogP) is 3.12. The van der Waals surface area contributed by atoms with Crippen LogP contribution in [0.2, 0.25) is 0 Å². The van der Waals surface area contributed by atoms with E-state index in [4.69, 9.17) is 18.3 Å². The molecule has 3 heterocycles. The predicted molar refractivity (Wildman–Crippen MR) is 132 cm³/mol. The minimum Gasteiger partial charge on any atom is -0.495 e. The first-order chi connectivity index (χ1) is 17.9. The molecule has 13 heteroatoms. The maximum atomic E-state index is 15.3. The van der Waals surface area contributed by atoms with Gasteiger partial charge in [0.05, 0.1) is 59.6 Å². The number of hydrogen-bond acceptors (Lipinski definition) is 8. The lowest BCUT2D eigenvalue weighted by molar-refractivity contribution is -0.0203. The Labute approximate surface area is 213 Å². The summed E-state index contributed by atoms with van der Waals surface area (Å²) in [5, 5.41) is 0. The molecule has 0 spiro atoms. The zero-order chi connectivity index (χ0) is 29.0. The zero-order valence-corrected chi connectivity index (χ0v) is 21.7. The first kappa shape index (κ1) is 22.3. The van der Waals surface area contributed by atoms with Gasteiger partial charge >= 0.3 is 0 Å². The van der Waals surface area contributed by atoms with Crippen molar-refractivity contribution in [1.29, 1.82) is 0 Å². The Kier molecular flexibility index (Phi) is 5.70. The molecular weight excluding hydrogens is 513 g/mol. The molecule has 0 atom stereocenters. The second-order valence-corrected chi connectivity index (χ2v) is 13.9. The number of sulfonamides is 1. The van der Waals surface area contributed by atoms with E-state index in [1.807, 2.05) is 0 Å². The molecule has 1 N–H and O–H groups in total. The van der Waals surface area contributed by atoms with Crippen LogP contribution in [0.15, 0.2) is 35.5 Å². The lowest BCUT2D eigenvalue weighted by Crippen LogP contribution is -2.35. The number of benzene rings is 1.